The first kappa shape index (κ1) is 22.2. The Morgan fingerprint density at radius 2 is 1.67 bits per heavy atom. The molecule has 0 bridgehead atoms. The van der Waals surface area contributed by atoms with Gasteiger partial charge in [0.1, 0.15) is 37.1 Å². The molecule has 0 aromatic carbocycles. The van der Waals surface area contributed by atoms with Gasteiger partial charge in [-0.15, -0.1) is 0 Å². The third-order valence-electron chi connectivity index (χ3n) is 5.04. The zero-order valence-corrected chi connectivity index (χ0v) is 14.9. The van der Waals surface area contributed by atoms with Gasteiger partial charge in [0.05, 0.1) is 12.7 Å². The van der Waals surface area contributed by atoms with Crippen molar-refractivity contribution in [3.8, 4) is 0 Å². The molecule has 0 aromatic rings. The molecule has 27 heavy (non-hydrogen) atoms. The largest absolute Gasteiger partial charge is 0.394 e. The second kappa shape index (κ2) is 9.39. The van der Waals surface area contributed by atoms with Crippen LogP contribution in [0.1, 0.15) is 13.8 Å². The molecule has 12 heteroatoms. The van der Waals surface area contributed by atoms with E-state index < -0.39 is 74.3 Å². The minimum absolute atomic E-state index is 0.212. The van der Waals surface area contributed by atoms with Gasteiger partial charge in [0, 0.05) is 5.92 Å². The lowest BCUT2D eigenvalue weighted by Gasteiger charge is -2.47. The van der Waals surface area contributed by atoms with E-state index in [0.717, 1.165) is 0 Å². The van der Waals surface area contributed by atoms with Crippen LogP contribution in [0.4, 0.5) is 0 Å². The Labute approximate surface area is 155 Å². The molecule has 2 heterocycles. The average molecular weight is 394 g/mol. The highest BCUT2D eigenvalue weighted by Crippen LogP contribution is 2.34. The van der Waals surface area contributed by atoms with Crippen molar-refractivity contribution in [1.29, 1.82) is 0 Å². The highest BCUT2D eigenvalue weighted by Gasteiger charge is 2.52. The van der Waals surface area contributed by atoms with Crippen LogP contribution in [-0.2, 0) is 14.2 Å². The molecule has 0 spiro atoms. The van der Waals surface area contributed by atoms with Gasteiger partial charge in [-0.2, -0.15) is 9.81 Å². The fraction of sp³-hybridized carbons (Fsp3) is 1.00. The zero-order valence-electron chi connectivity index (χ0n) is 14.9. The molecule has 2 rings (SSSR count). The van der Waals surface area contributed by atoms with E-state index in [4.69, 9.17) is 14.2 Å². The second-order valence-corrected chi connectivity index (χ2v) is 7.09. The number of rotatable bonds is 7. The van der Waals surface area contributed by atoms with Crippen molar-refractivity contribution in [2.24, 2.45) is 22.2 Å². The summed E-state index contributed by atoms with van der Waals surface area (Å²) in [5.74, 6) is -0.936. The van der Waals surface area contributed by atoms with E-state index in [-0.39, 0.29) is 5.92 Å². The molecule has 0 radical (unpaired) electrons. The first-order chi connectivity index (χ1) is 12.8. The van der Waals surface area contributed by atoms with E-state index in [2.05, 4.69) is 10.4 Å². The van der Waals surface area contributed by atoms with Crippen LogP contribution in [0.3, 0.4) is 0 Å². The molecule has 5 N–H and O–H groups in total. The van der Waals surface area contributed by atoms with Gasteiger partial charge in [-0.1, -0.05) is 24.2 Å². The highest BCUT2D eigenvalue weighted by atomic mass is 16.7. The van der Waals surface area contributed by atoms with Crippen LogP contribution in [0, 0.1) is 21.6 Å². The normalized spacial score (nSPS) is 45.6. The molecule has 2 fully saturated rings. The molecule has 10 unspecified atom stereocenters. The summed E-state index contributed by atoms with van der Waals surface area (Å²) in [7, 11) is 0. The predicted octanol–water partition coefficient (Wildman–Crippen LogP) is -1.94. The van der Waals surface area contributed by atoms with Gasteiger partial charge in [0.25, 0.3) is 0 Å². The maximum absolute atomic E-state index is 11.1. The lowest BCUT2D eigenvalue weighted by atomic mass is 9.80. The molecule has 0 amide bonds. The third kappa shape index (κ3) is 4.49. The van der Waals surface area contributed by atoms with Crippen molar-refractivity contribution >= 4 is 0 Å². The van der Waals surface area contributed by atoms with E-state index in [1.165, 1.54) is 0 Å². The molecule has 0 aliphatic carbocycles. The lowest BCUT2D eigenvalue weighted by Crippen LogP contribution is -2.63. The topological polar surface area (TPSA) is 188 Å². The summed E-state index contributed by atoms with van der Waals surface area (Å²) in [5.41, 5.74) is 0. The van der Waals surface area contributed by atoms with Crippen LogP contribution in [0.2, 0.25) is 0 Å². The Morgan fingerprint density at radius 1 is 1.00 bits per heavy atom. The van der Waals surface area contributed by atoms with Gasteiger partial charge in [-0.05, 0) is 5.92 Å². The summed E-state index contributed by atoms with van der Waals surface area (Å²) in [4.78, 5) is 21.6. The number of ether oxygens (including phenoxy) is 3. The van der Waals surface area contributed by atoms with Gasteiger partial charge < -0.3 is 39.7 Å². The quantitative estimate of drug-likeness (QED) is 0.304. The number of hydrogen-bond acceptors (Lipinski definition) is 12. The molecule has 2 aliphatic heterocycles. The Balaban J connectivity index is 2.24. The van der Waals surface area contributed by atoms with Gasteiger partial charge in [-0.3, -0.25) is 0 Å². The Hall–Kier alpha value is -1.12. The molecule has 10 atom stereocenters. The minimum Gasteiger partial charge on any atom is -0.394 e. The van der Waals surface area contributed by atoms with Gasteiger partial charge in [-0.25, -0.2) is 0 Å². The molecule has 0 saturated carbocycles. The number of nitrogens with zero attached hydrogens (tertiary/aromatic N) is 2. The van der Waals surface area contributed by atoms with E-state index in [0.29, 0.717) is 0 Å². The summed E-state index contributed by atoms with van der Waals surface area (Å²) >= 11 is 0. The van der Waals surface area contributed by atoms with Crippen molar-refractivity contribution in [3.05, 3.63) is 9.81 Å². The van der Waals surface area contributed by atoms with Crippen LogP contribution >= 0.6 is 0 Å². The molecular formula is C15H26N2O10. The molecular weight excluding hydrogens is 368 g/mol. The Bertz CT molecular complexity index is 509. The van der Waals surface area contributed by atoms with Crippen LogP contribution in [0.15, 0.2) is 10.4 Å². The number of aliphatic hydroxyl groups excluding tert-OH is 5. The summed E-state index contributed by atoms with van der Waals surface area (Å²) in [6.45, 7) is 2.44. The Kier molecular flexibility index (Phi) is 7.71. The lowest BCUT2D eigenvalue weighted by molar-refractivity contribution is -0.335. The standard InChI is InChI=1S/C15H26N2O10/c1-5(2)8-10(19)7(4-18)26-15(12(8)21)27-13-9(17-24)14(22)25-6(3-16-23)11(13)20/h5-15,18-22H,3-4H2,1-2H3. The number of nitroso groups, excluding NO2 is 2. The average Bonchev–Trinajstić information content (AvgIpc) is 2.61. The van der Waals surface area contributed by atoms with Crippen LogP contribution in [-0.4, -0.2) is 93.9 Å². The molecule has 156 valence electrons. The highest BCUT2D eigenvalue weighted by molar-refractivity contribution is 4.97. The smallest absolute Gasteiger partial charge is 0.184 e. The van der Waals surface area contributed by atoms with E-state index in [1.807, 2.05) is 0 Å². The Morgan fingerprint density at radius 3 is 2.19 bits per heavy atom. The monoisotopic (exact) mass is 394 g/mol. The van der Waals surface area contributed by atoms with E-state index in [1.54, 1.807) is 13.8 Å². The number of aliphatic hydroxyl groups is 5. The van der Waals surface area contributed by atoms with Crippen molar-refractivity contribution in [2.75, 3.05) is 13.2 Å². The fourth-order valence-electron chi connectivity index (χ4n) is 3.59. The van der Waals surface area contributed by atoms with Crippen LogP contribution in [0.5, 0.6) is 0 Å². The van der Waals surface area contributed by atoms with Crippen molar-refractivity contribution < 1.29 is 39.7 Å². The number of hydrogen-bond donors (Lipinski definition) is 5. The molecule has 2 saturated heterocycles. The van der Waals surface area contributed by atoms with Crippen molar-refractivity contribution in [3.63, 3.8) is 0 Å². The third-order valence-corrected chi connectivity index (χ3v) is 5.04. The van der Waals surface area contributed by atoms with E-state index in [9.17, 15) is 35.3 Å². The van der Waals surface area contributed by atoms with Crippen molar-refractivity contribution in [2.45, 2.75) is 69.1 Å². The van der Waals surface area contributed by atoms with Gasteiger partial charge in [0.15, 0.2) is 18.6 Å². The summed E-state index contributed by atoms with van der Waals surface area (Å²) < 4.78 is 15.9. The predicted molar refractivity (Wildman–Crippen MR) is 88.1 cm³/mol. The SMILES string of the molecule is CC(C)C1C(O)C(CO)OC(OC2C(O)C(CN=O)OC(O)C2N=O)C1O. The first-order valence-corrected chi connectivity index (χ1v) is 8.67. The summed E-state index contributed by atoms with van der Waals surface area (Å²) in [5, 5.41) is 55.8. The molecule has 12 nitrogen and oxygen atoms in total. The zero-order chi connectivity index (χ0) is 20.3. The van der Waals surface area contributed by atoms with E-state index >= 15 is 0 Å². The summed E-state index contributed by atoms with van der Waals surface area (Å²) in [6, 6.07) is -1.56. The first-order valence-electron chi connectivity index (χ1n) is 8.67. The second-order valence-electron chi connectivity index (χ2n) is 7.09. The van der Waals surface area contributed by atoms with Gasteiger partial charge >= 0.3 is 0 Å². The van der Waals surface area contributed by atoms with Crippen LogP contribution in [0.25, 0.3) is 0 Å². The summed E-state index contributed by atoms with van der Waals surface area (Å²) in [6.07, 6.45) is -11.1. The fourth-order valence-corrected chi connectivity index (χ4v) is 3.59. The maximum Gasteiger partial charge on any atom is 0.184 e. The van der Waals surface area contributed by atoms with Gasteiger partial charge in [0.2, 0.25) is 0 Å². The molecule has 2 aliphatic rings. The molecule has 0 aromatic heterocycles. The minimum atomic E-state index is -1.76. The maximum atomic E-state index is 11.1. The van der Waals surface area contributed by atoms with Crippen molar-refractivity contribution in [1.82, 2.24) is 0 Å². The van der Waals surface area contributed by atoms with Crippen LogP contribution < -0.4 is 0 Å².